The van der Waals surface area contributed by atoms with Crippen LogP contribution in [0.25, 0.3) is 0 Å². The van der Waals surface area contributed by atoms with Crippen LogP contribution in [0.3, 0.4) is 0 Å². The van der Waals surface area contributed by atoms with Crippen molar-refractivity contribution in [3.8, 4) is 0 Å². The molecule has 16 heteroatoms. The minimum Gasteiger partial charge on any atom is -0.460 e. The summed E-state index contributed by atoms with van der Waals surface area (Å²) in [5, 5.41) is 16.1. The number of hydrogen-bond donors (Lipinski definition) is 2. The number of benzene rings is 1. The molecule has 0 bridgehead atoms. The minimum absolute atomic E-state index is 0.164. The molecule has 0 saturated heterocycles. The Morgan fingerprint density at radius 1 is 1.18 bits per heavy atom. The third-order valence-electron chi connectivity index (χ3n) is 6.93. The third kappa shape index (κ3) is 6.98. The molecule has 3 atom stereocenters. The summed E-state index contributed by atoms with van der Waals surface area (Å²) in [5.41, 5.74) is 3.03. The van der Waals surface area contributed by atoms with Crippen LogP contribution >= 0.6 is 0 Å². The lowest BCUT2D eigenvalue weighted by Crippen LogP contribution is -2.42. The molecule has 1 aromatic carbocycles. The van der Waals surface area contributed by atoms with Gasteiger partial charge in [-0.2, -0.15) is 4.57 Å². The summed E-state index contributed by atoms with van der Waals surface area (Å²) in [5.74, 6) is -4.32. The van der Waals surface area contributed by atoms with Crippen molar-refractivity contribution in [3.05, 3.63) is 96.0 Å². The van der Waals surface area contributed by atoms with Gasteiger partial charge in [0.15, 0.2) is 5.82 Å². The fraction of sp³-hybridized carbons (Fsp3) is 0.321. The molecule has 44 heavy (non-hydrogen) atoms. The lowest BCUT2D eigenvalue weighted by Gasteiger charge is -2.32. The molecule has 0 aliphatic carbocycles. The average Bonchev–Trinajstić information content (AvgIpc) is 3.47. The Bertz CT molecular complexity index is 1640. The number of aliphatic hydroxyl groups is 1. The van der Waals surface area contributed by atoms with Gasteiger partial charge >= 0.3 is 12.1 Å². The SMILES string of the molecule is CC(OC(=O)N(C)c1ncccc1COC(=O)CN)[n+]1cnn(C[C@](O)(c2ccc(F)cc2F)[C@@H](C)c2ncncc2F)c1. The smallest absolute Gasteiger partial charge is 0.418 e. The normalized spacial score (nSPS) is 13.9. The second-order valence-electron chi connectivity index (χ2n) is 9.81. The second kappa shape index (κ2) is 13.6. The molecule has 0 spiro atoms. The lowest BCUT2D eigenvalue weighted by molar-refractivity contribution is -0.753. The first-order chi connectivity index (χ1) is 20.9. The molecule has 0 aliphatic heterocycles. The molecule has 4 rings (SSSR count). The predicted octanol–water partition coefficient (Wildman–Crippen LogP) is 2.26. The van der Waals surface area contributed by atoms with E-state index in [1.54, 1.807) is 19.1 Å². The van der Waals surface area contributed by atoms with Crippen molar-refractivity contribution >= 4 is 17.9 Å². The third-order valence-corrected chi connectivity index (χ3v) is 6.93. The van der Waals surface area contributed by atoms with Gasteiger partial charge in [0, 0.05) is 48.4 Å². The summed E-state index contributed by atoms with van der Waals surface area (Å²) >= 11 is 0. The van der Waals surface area contributed by atoms with Crippen LogP contribution < -0.4 is 15.2 Å². The van der Waals surface area contributed by atoms with E-state index in [9.17, 15) is 27.9 Å². The first-order valence-corrected chi connectivity index (χ1v) is 13.2. The molecule has 4 aromatic rings. The number of pyridine rings is 1. The zero-order valence-corrected chi connectivity index (χ0v) is 24.0. The molecule has 0 radical (unpaired) electrons. The van der Waals surface area contributed by atoms with Crippen LogP contribution in [0, 0.1) is 17.5 Å². The molecule has 0 aliphatic rings. The van der Waals surface area contributed by atoms with Gasteiger partial charge in [0.2, 0.25) is 12.6 Å². The maximum atomic E-state index is 15.0. The number of carbonyl (C=O) groups is 2. The van der Waals surface area contributed by atoms with Crippen LogP contribution in [0.2, 0.25) is 0 Å². The van der Waals surface area contributed by atoms with Crippen molar-refractivity contribution in [2.45, 2.75) is 44.7 Å². The van der Waals surface area contributed by atoms with Crippen LogP contribution in [0.4, 0.5) is 23.8 Å². The number of carbonyl (C=O) groups excluding carboxylic acids is 2. The van der Waals surface area contributed by atoms with Crippen LogP contribution in [0.1, 0.15) is 42.8 Å². The molecule has 1 amide bonds. The van der Waals surface area contributed by atoms with Crippen molar-refractivity contribution in [3.63, 3.8) is 0 Å². The summed E-state index contributed by atoms with van der Waals surface area (Å²) in [6.07, 6.45) is 4.39. The Morgan fingerprint density at radius 3 is 2.66 bits per heavy atom. The predicted molar refractivity (Wildman–Crippen MR) is 146 cm³/mol. The van der Waals surface area contributed by atoms with Gasteiger partial charge in [0.05, 0.1) is 18.4 Å². The number of hydrogen-bond acceptors (Lipinski definition) is 10. The molecule has 3 heterocycles. The van der Waals surface area contributed by atoms with Crippen LogP contribution in [-0.4, -0.2) is 55.5 Å². The zero-order chi connectivity index (χ0) is 32.0. The minimum atomic E-state index is -2.17. The number of amides is 1. The van der Waals surface area contributed by atoms with Gasteiger partial charge in [-0.1, -0.05) is 19.1 Å². The zero-order valence-electron chi connectivity index (χ0n) is 24.0. The van der Waals surface area contributed by atoms with E-state index in [2.05, 4.69) is 20.1 Å². The van der Waals surface area contributed by atoms with E-state index in [-0.39, 0.29) is 30.2 Å². The summed E-state index contributed by atoms with van der Waals surface area (Å²) in [4.78, 5) is 37.3. The molecule has 3 N–H and O–H groups in total. The second-order valence-corrected chi connectivity index (χ2v) is 9.81. The van der Waals surface area contributed by atoms with E-state index in [0.717, 1.165) is 29.6 Å². The van der Waals surface area contributed by atoms with Crippen molar-refractivity contribution in [2.75, 3.05) is 18.5 Å². The standard InChI is InChI=1S/C28H30F3N8O5/c1-17(25-23(31)11-33-14-35-25)28(42,21-7-6-20(29)9-22(21)30)13-39-16-38(15-36-39)18(2)44-27(41)37(3)26-19(5-4-8-34-26)12-43-24(40)10-32/h4-9,11,14-18,42H,10,12-13,32H2,1-3H3/q+1/t17-,18?,28+/m0/s1. The van der Waals surface area contributed by atoms with Gasteiger partial charge in [-0.05, 0) is 12.1 Å². The number of nitrogens with two attached hydrogens (primary N) is 1. The van der Waals surface area contributed by atoms with Crippen molar-refractivity contribution in [2.24, 2.45) is 5.73 Å². The van der Waals surface area contributed by atoms with E-state index in [4.69, 9.17) is 15.2 Å². The molecule has 3 aromatic heterocycles. The maximum Gasteiger partial charge on any atom is 0.418 e. The largest absolute Gasteiger partial charge is 0.460 e. The number of aromatic nitrogens is 6. The van der Waals surface area contributed by atoms with Gasteiger partial charge < -0.3 is 20.3 Å². The monoisotopic (exact) mass is 615 g/mol. The number of ether oxygens (including phenoxy) is 2. The first-order valence-electron chi connectivity index (χ1n) is 13.2. The average molecular weight is 616 g/mol. The quantitative estimate of drug-likeness (QED) is 0.189. The highest BCUT2D eigenvalue weighted by Crippen LogP contribution is 2.39. The summed E-state index contributed by atoms with van der Waals surface area (Å²) in [7, 11) is 1.42. The molecule has 0 saturated carbocycles. The number of halogens is 3. The summed E-state index contributed by atoms with van der Waals surface area (Å²) in [6, 6.07) is 5.89. The Balaban J connectivity index is 1.54. The molecule has 232 valence electrons. The summed E-state index contributed by atoms with van der Waals surface area (Å²) < 4.78 is 56.6. The Hall–Kier alpha value is -4.96. The Labute approximate surface area is 249 Å². The van der Waals surface area contributed by atoms with Gasteiger partial charge in [-0.25, -0.2) is 32.9 Å². The maximum absolute atomic E-state index is 15.0. The number of nitrogens with zero attached hydrogens (tertiary/aromatic N) is 7. The van der Waals surface area contributed by atoms with Gasteiger partial charge in [-0.15, -0.1) is 4.68 Å². The fourth-order valence-corrected chi connectivity index (χ4v) is 4.45. The highest BCUT2D eigenvalue weighted by Gasteiger charge is 2.43. The van der Waals surface area contributed by atoms with E-state index in [1.165, 1.54) is 42.1 Å². The number of rotatable bonds is 11. The molecular formula is C28H30F3N8O5+. The highest BCUT2D eigenvalue weighted by molar-refractivity contribution is 5.86. The van der Waals surface area contributed by atoms with Crippen molar-refractivity contribution in [1.29, 1.82) is 0 Å². The Morgan fingerprint density at radius 2 is 1.95 bits per heavy atom. The molecule has 13 nitrogen and oxygen atoms in total. The van der Waals surface area contributed by atoms with Crippen molar-refractivity contribution < 1.29 is 41.9 Å². The van der Waals surface area contributed by atoms with E-state index in [1.807, 2.05) is 0 Å². The van der Waals surface area contributed by atoms with E-state index < -0.39 is 53.8 Å². The van der Waals surface area contributed by atoms with Crippen LogP contribution in [0.5, 0.6) is 0 Å². The topological polar surface area (TPSA) is 162 Å². The lowest BCUT2D eigenvalue weighted by atomic mass is 9.79. The van der Waals surface area contributed by atoms with Gasteiger partial charge in [0.1, 0.15) is 42.5 Å². The molecule has 1 unspecified atom stereocenters. The van der Waals surface area contributed by atoms with Crippen LogP contribution in [-0.2, 0) is 33.0 Å². The molecule has 0 fully saturated rings. The summed E-state index contributed by atoms with van der Waals surface area (Å²) in [6.45, 7) is 2.09. The number of esters is 1. The molecular weight excluding hydrogens is 585 g/mol. The highest BCUT2D eigenvalue weighted by atomic mass is 19.1. The van der Waals surface area contributed by atoms with Gasteiger partial charge in [-0.3, -0.25) is 9.69 Å². The Kier molecular flexibility index (Phi) is 9.85. The van der Waals surface area contributed by atoms with Crippen LogP contribution in [0.15, 0.2) is 61.7 Å². The van der Waals surface area contributed by atoms with Crippen molar-refractivity contribution in [1.82, 2.24) is 24.7 Å². The van der Waals surface area contributed by atoms with E-state index in [0.29, 0.717) is 11.6 Å². The number of anilines is 1. The first kappa shape index (κ1) is 32.0. The van der Waals surface area contributed by atoms with Gasteiger partial charge in [0.25, 0.3) is 6.33 Å². The fourth-order valence-electron chi connectivity index (χ4n) is 4.45. The van der Waals surface area contributed by atoms with E-state index >= 15 is 0 Å².